The molecule has 0 fully saturated rings. The number of amides is 1. The maximum absolute atomic E-state index is 11.8. The van der Waals surface area contributed by atoms with Gasteiger partial charge >= 0.3 is 0 Å². The molecule has 6 heteroatoms. The first-order valence-corrected chi connectivity index (χ1v) is 6.57. The molecule has 2 aromatic rings. The van der Waals surface area contributed by atoms with Gasteiger partial charge in [-0.1, -0.05) is 25.9 Å². The predicted molar refractivity (Wildman–Crippen MR) is 74.1 cm³/mol. The van der Waals surface area contributed by atoms with Gasteiger partial charge in [-0.25, -0.2) is 10.5 Å². The lowest BCUT2D eigenvalue weighted by atomic mass is 9.90. The third-order valence-electron chi connectivity index (χ3n) is 2.67. The largest absolute Gasteiger partial charge is 0.336 e. The molecule has 1 N–H and O–H groups in total. The first-order chi connectivity index (χ1) is 9.40. The van der Waals surface area contributed by atoms with Crippen molar-refractivity contribution >= 4 is 17.0 Å². The fourth-order valence-electron chi connectivity index (χ4n) is 1.83. The van der Waals surface area contributed by atoms with Crippen molar-refractivity contribution in [1.29, 1.82) is 0 Å². The zero-order valence-electron chi connectivity index (χ0n) is 12.2. The molecular formula is C14H19N3O3. The average molecular weight is 277 g/mol. The molecule has 6 nitrogen and oxygen atoms in total. The molecule has 0 bridgehead atoms. The van der Waals surface area contributed by atoms with E-state index >= 15 is 0 Å². The lowest BCUT2D eigenvalue weighted by Crippen LogP contribution is -2.23. The van der Waals surface area contributed by atoms with Crippen LogP contribution in [0.15, 0.2) is 16.8 Å². The molecule has 0 aliphatic carbocycles. The second kappa shape index (κ2) is 5.58. The predicted octanol–water partition coefficient (Wildman–Crippen LogP) is 2.49. The van der Waals surface area contributed by atoms with Gasteiger partial charge in [0.15, 0.2) is 0 Å². The normalized spacial score (nSPS) is 11.8. The monoisotopic (exact) mass is 277 g/mol. The van der Waals surface area contributed by atoms with Crippen molar-refractivity contribution < 1.29 is 14.2 Å². The number of aromatic nitrogens is 2. The highest BCUT2D eigenvalue weighted by molar-refractivity contribution is 5.96. The van der Waals surface area contributed by atoms with Gasteiger partial charge in [0.1, 0.15) is 0 Å². The number of fused-ring (bicyclic) bond motifs is 1. The molecule has 108 valence electrons. The van der Waals surface area contributed by atoms with Gasteiger partial charge in [0, 0.05) is 6.20 Å². The molecular weight excluding hydrogens is 258 g/mol. The highest BCUT2D eigenvalue weighted by Crippen LogP contribution is 2.25. The highest BCUT2D eigenvalue weighted by atomic mass is 16.6. The number of hydroxylamine groups is 1. The van der Waals surface area contributed by atoms with Crippen LogP contribution in [0.4, 0.5) is 0 Å². The second-order valence-corrected chi connectivity index (χ2v) is 5.81. The summed E-state index contributed by atoms with van der Waals surface area (Å²) in [5, 5.41) is 4.81. The van der Waals surface area contributed by atoms with Gasteiger partial charge < -0.3 is 4.52 Å². The fraction of sp³-hybridized carbons (Fsp3) is 0.500. The third-order valence-corrected chi connectivity index (χ3v) is 2.67. The van der Waals surface area contributed by atoms with Crippen LogP contribution in [0.5, 0.6) is 0 Å². The summed E-state index contributed by atoms with van der Waals surface area (Å²) < 4.78 is 5.19. The molecule has 0 aromatic carbocycles. The summed E-state index contributed by atoms with van der Waals surface area (Å²) in [7, 11) is 0. The van der Waals surface area contributed by atoms with Crippen molar-refractivity contribution in [3.8, 4) is 0 Å². The van der Waals surface area contributed by atoms with E-state index in [9.17, 15) is 4.79 Å². The highest BCUT2D eigenvalue weighted by Gasteiger charge is 2.19. The minimum atomic E-state index is -0.329. The van der Waals surface area contributed by atoms with Gasteiger partial charge in [0.25, 0.3) is 11.6 Å². The topological polar surface area (TPSA) is 77.2 Å². The van der Waals surface area contributed by atoms with Crippen LogP contribution in [0.2, 0.25) is 0 Å². The van der Waals surface area contributed by atoms with E-state index in [-0.39, 0.29) is 11.3 Å². The molecule has 2 rings (SSSR count). The van der Waals surface area contributed by atoms with Crippen LogP contribution < -0.4 is 5.48 Å². The lowest BCUT2D eigenvalue weighted by molar-refractivity contribution is 0.0364. The van der Waals surface area contributed by atoms with Gasteiger partial charge in [-0.15, -0.1) is 0 Å². The lowest BCUT2D eigenvalue weighted by Gasteiger charge is -2.15. The first kappa shape index (κ1) is 14.5. The van der Waals surface area contributed by atoms with E-state index in [1.807, 2.05) is 0 Å². The maximum Gasteiger partial charge on any atom is 0.276 e. The van der Waals surface area contributed by atoms with Crippen LogP contribution in [-0.4, -0.2) is 22.7 Å². The average Bonchev–Trinajstić information content (AvgIpc) is 2.76. The molecule has 0 radical (unpaired) electrons. The molecule has 0 spiro atoms. The molecule has 0 unspecified atom stereocenters. The number of nitrogens with one attached hydrogen (secondary N) is 1. The van der Waals surface area contributed by atoms with Crippen molar-refractivity contribution in [3.05, 3.63) is 23.5 Å². The molecule has 0 saturated carbocycles. The Bertz CT molecular complexity index is 614. The number of rotatable bonds is 4. The summed E-state index contributed by atoms with van der Waals surface area (Å²) in [5.41, 5.74) is 4.09. The van der Waals surface area contributed by atoms with Gasteiger partial charge in [0.2, 0.25) is 0 Å². The smallest absolute Gasteiger partial charge is 0.276 e. The molecule has 0 atom stereocenters. The van der Waals surface area contributed by atoms with Crippen LogP contribution in [0.25, 0.3) is 11.1 Å². The summed E-state index contributed by atoms with van der Waals surface area (Å²) in [6.07, 6.45) is 2.20. The van der Waals surface area contributed by atoms with E-state index in [1.54, 1.807) is 13.0 Å². The van der Waals surface area contributed by atoms with E-state index in [1.165, 1.54) is 6.20 Å². The zero-order valence-corrected chi connectivity index (χ0v) is 12.2. The number of carbonyl (C=O) groups is 1. The number of hydrogen-bond donors (Lipinski definition) is 1. The summed E-state index contributed by atoms with van der Waals surface area (Å²) >= 11 is 0. The minimum Gasteiger partial charge on any atom is -0.336 e. The maximum atomic E-state index is 11.8. The van der Waals surface area contributed by atoms with Crippen molar-refractivity contribution in [2.45, 2.75) is 34.1 Å². The van der Waals surface area contributed by atoms with Crippen LogP contribution in [0, 0.1) is 5.41 Å². The Labute approximate surface area is 117 Å². The molecule has 2 aromatic heterocycles. The number of nitrogens with zero attached hydrogens (tertiary/aromatic N) is 2. The zero-order chi connectivity index (χ0) is 14.8. The molecule has 1 amide bonds. The number of carbonyl (C=O) groups excluding carboxylic acids is 1. The van der Waals surface area contributed by atoms with Gasteiger partial charge in [0.05, 0.1) is 23.3 Å². The van der Waals surface area contributed by atoms with Gasteiger partial charge in [-0.05, 0) is 24.8 Å². The summed E-state index contributed by atoms with van der Waals surface area (Å²) in [6, 6.07) is 1.73. The molecule has 0 saturated heterocycles. The van der Waals surface area contributed by atoms with Gasteiger partial charge in [-0.3, -0.25) is 9.63 Å². The van der Waals surface area contributed by atoms with Crippen molar-refractivity contribution in [1.82, 2.24) is 15.6 Å². The number of hydrogen-bond acceptors (Lipinski definition) is 5. The van der Waals surface area contributed by atoms with Crippen LogP contribution in [0.1, 0.15) is 43.7 Å². The van der Waals surface area contributed by atoms with Crippen LogP contribution in [-0.2, 0) is 11.3 Å². The quantitative estimate of drug-likeness (QED) is 0.869. The van der Waals surface area contributed by atoms with Crippen LogP contribution >= 0.6 is 0 Å². The number of pyridine rings is 1. The Morgan fingerprint density at radius 2 is 2.20 bits per heavy atom. The molecule has 20 heavy (non-hydrogen) atoms. The van der Waals surface area contributed by atoms with Gasteiger partial charge in [-0.2, -0.15) is 0 Å². The SMILES string of the molecule is CCONC(=O)c1cnc2onc(CC(C)(C)C)c2c1. The minimum absolute atomic E-state index is 0.0768. The van der Waals surface area contributed by atoms with E-state index in [0.29, 0.717) is 17.9 Å². The summed E-state index contributed by atoms with van der Waals surface area (Å²) in [6.45, 7) is 8.55. The standard InChI is InChI=1S/C14H19N3O3/c1-5-19-17-12(18)9-6-10-11(7-14(2,3)4)16-20-13(10)15-8-9/h6,8H,5,7H2,1-4H3,(H,17,18). The Balaban J connectivity index is 2.32. The second-order valence-electron chi connectivity index (χ2n) is 5.81. The Morgan fingerprint density at radius 1 is 1.45 bits per heavy atom. The van der Waals surface area contributed by atoms with Crippen LogP contribution in [0.3, 0.4) is 0 Å². The van der Waals surface area contributed by atoms with Crippen molar-refractivity contribution in [2.75, 3.05) is 6.61 Å². The molecule has 0 aliphatic rings. The fourth-order valence-corrected chi connectivity index (χ4v) is 1.83. The van der Waals surface area contributed by atoms with E-state index < -0.39 is 0 Å². The Hall–Kier alpha value is -1.95. The molecule has 0 aliphatic heterocycles. The first-order valence-electron chi connectivity index (χ1n) is 6.57. The Morgan fingerprint density at radius 3 is 2.85 bits per heavy atom. The summed E-state index contributed by atoms with van der Waals surface area (Å²) in [5.74, 6) is -0.329. The van der Waals surface area contributed by atoms with Crippen molar-refractivity contribution in [2.24, 2.45) is 5.41 Å². The van der Waals surface area contributed by atoms with E-state index in [2.05, 4.69) is 36.4 Å². The Kier molecular flexibility index (Phi) is 4.04. The van der Waals surface area contributed by atoms with E-state index in [0.717, 1.165) is 17.5 Å². The van der Waals surface area contributed by atoms with Crippen molar-refractivity contribution in [3.63, 3.8) is 0 Å². The summed E-state index contributed by atoms with van der Waals surface area (Å²) in [4.78, 5) is 20.8. The third kappa shape index (κ3) is 3.33. The van der Waals surface area contributed by atoms with E-state index in [4.69, 9.17) is 9.36 Å². The molecule has 2 heterocycles.